The molecule has 1 rings (SSSR count). The minimum Gasteiger partial charge on any atom is -0.323 e. The van der Waals surface area contributed by atoms with Crippen molar-refractivity contribution in [2.75, 3.05) is 7.05 Å². The highest BCUT2D eigenvalue weighted by Crippen LogP contribution is 2.24. The molecule has 0 unspecified atom stereocenters. The molecule has 1 aromatic carbocycles. The molecule has 0 bridgehead atoms. The lowest BCUT2D eigenvalue weighted by Gasteiger charge is -1.99. The van der Waals surface area contributed by atoms with Gasteiger partial charge in [-0.2, -0.15) is 0 Å². The summed E-state index contributed by atoms with van der Waals surface area (Å²) in [5.41, 5.74) is 0.577. The van der Waals surface area contributed by atoms with Crippen molar-refractivity contribution in [3.8, 4) is 0 Å². The molecule has 0 fully saturated rings. The monoisotopic (exact) mass is 246 g/mol. The number of nitrogens with zero attached hydrogens (tertiary/aromatic N) is 1. The SMILES string of the molecule is CNC(=O)O/N=C/c1cccc(Cl)c1Cl. The number of carbonyl (C=O) groups excluding carboxylic acids is 1. The maximum Gasteiger partial charge on any atom is 0.433 e. The van der Waals surface area contributed by atoms with E-state index < -0.39 is 6.09 Å². The lowest BCUT2D eigenvalue weighted by Crippen LogP contribution is -2.16. The average molecular weight is 247 g/mol. The number of hydrogen-bond donors (Lipinski definition) is 1. The van der Waals surface area contributed by atoms with Gasteiger partial charge < -0.3 is 5.32 Å². The van der Waals surface area contributed by atoms with E-state index in [-0.39, 0.29) is 0 Å². The number of amides is 1. The van der Waals surface area contributed by atoms with E-state index in [9.17, 15) is 4.79 Å². The normalized spacial score (nSPS) is 10.3. The third-order valence-electron chi connectivity index (χ3n) is 1.51. The predicted molar refractivity (Wildman–Crippen MR) is 59.6 cm³/mol. The number of halogens is 2. The van der Waals surface area contributed by atoms with Gasteiger partial charge in [0.1, 0.15) is 0 Å². The van der Waals surface area contributed by atoms with Gasteiger partial charge in [-0.1, -0.05) is 40.5 Å². The molecule has 0 aromatic heterocycles. The van der Waals surface area contributed by atoms with Crippen LogP contribution in [0.2, 0.25) is 10.0 Å². The van der Waals surface area contributed by atoms with E-state index >= 15 is 0 Å². The molecule has 80 valence electrons. The standard InChI is InChI=1S/C9H8Cl2N2O2/c1-12-9(14)15-13-5-6-3-2-4-7(10)8(6)11/h2-5H,1H3,(H,12,14)/b13-5+. The number of carbonyl (C=O) groups is 1. The van der Waals surface area contributed by atoms with Gasteiger partial charge in [0, 0.05) is 12.6 Å². The molecule has 1 aromatic rings. The van der Waals surface area contributed by atoms with Gasteiger partial charge in [-0.15, -0.1) is 0 Å². The molecule has 0 heterocycles. The first kappa shape index (κ1) is 11.8. The summed E-state index contributed by atoms with van der Waals surface area (Å²) in [6.07, 6.45) is 0.660. The van der Waals surface area contributed by atoms with Gasteiger partial charge in [-0.25, -0.2) is 4.79 Å². The van der Waals surface area contributed by atoms with Crippen LogP contribution in [0.15, 0.2) is 23.4 Å². The Morgan fingerprint density at radius 1 is 1.53 bits per heavy atom. The van der Waals surface area contributed by atoms with E-state index in [1.165, 1.54) is 13.3 Å². The smallest absolute Gasteiger partial charge is 0.323 e. The van der Waals surface area contributed by atoms with Crippen molar-refractivity contribution >= 4 is 35.5 Å². The zero-order chi connectivity index (χ0) is 11.3. The van der Waals surface area contributed by atoms with E-state index in [1.54, 1.807) is 18.2 Å². The van der Waals surface area contributed by atoms with Gasteiger partial charge in [-0.05, 0) is 6.07 Å². The van der Waals surface area contributed by atoms with E-state index in [1.807, 2.05) is 0 Å². The lowest BCUT2D eigenvalue weighted by atomic mass is 10.2. The lowest BCUT2D eigenvalue weighted by molar-refractivity contribution is 0.154. The fourth-order valence-electron chi connectivity index (χ4n) is 0.797. The molecule has 0 aliphatic heterocycles. The molecule has 0 spiro atoms. The predicted octanol–water partition coefficient (Wildman–Crippen LogP) is 2.68. The average Bonchev–Trinajstić information content (AvgIpc) is 2.24. The second-order valence-electron chi connectivity index (χ2n) is 2.51. The molecular formula is C9H8Cl2N2O2. The molecule has 0 saturated heterocycles. The van der Waals surface area contributed by atoms with Gasteiger partial charge >= 0.3 is 6.09 Å². The van der Waals surface area contributed by atoms with Crippen molar-refractivity contribution in [1.29, 1.82) is 0 Å². The maximum atomic E-state index is 10.6. The summed E-state index contributed by atoms with van der Waals surface area (Å²) in [7, 11) is 1.43. The second-order valence-corrected chi connectivity index (χ2v) is 3.29. The van der Waals surface area contributed by atoms with E-state index in [0.717, 1.165) is 0 Å². The first-order chi connectivity index (χ1) is 7.15. The number of nitrogens with one attached hydrogen (secondary N) is 1. The van der Waals surface area contributed by atoms with Crippen LogP contribution in [0.4, 0.5) is 4.79 Å². The Balaban J connectivity index is 2.72. The summed E-state index contributed by atoms with van der Waals surface area (Å²) in [4.78, 5) is 15.1. The Morgan fingerprint density at radius 3 is 2.93 bits per heavy atom. The first-order valence-corrected chi connectivity index (χ1v) is 4.77. The van der Waals surface area contributed by atoms with Gasteiger partial charge in [0.25, 0.3) is 0 Å². The second kappa shape index (κ2) is 5.58. The Kier molecular flexibility index (Phi) is 4.39. The third-order valence-corrected chi connectivity index (χ3v) is 2.35. The molecule has 6 heteroatoms. The maximum absolute atomic E-state index is 10.6. The molecule has 15 heavy (non-hydrogen) atoms. The van der Waals surface area contributed by atoms with Gasteiger partial charge in [0.2, 0.25) is 0 Å². The number of rotatable bonds is 2. The van der Waals surface area contributed by atoms with Crippen molar-refractivity contribution in [3.05, 3.63) is 33.8 Å². The zero-order valence-corrected chi connectivity index (χ0v) is 9.34. The quantitative estimate of drug-likeness (QED) is 0.496. The van der Waals surface area contributed by atoms with Crippen molar-refractivity contribution < 1.29 is 9.63 Å². The van der Waals surface area contributed by atoms with Crippen LogP contribution in [0.5, 0.6) is 0 Å². The third kappa shape index (κ3) is 3.42. The van der Waals surface area contributed by atoms with Crippen LogP contribution in [-0.4, -0.2) is 19.4 Å². The minimum absolute atomic E-state index is 0.364. The van der Waals surface area contributed by atoms with E-state index in [4.69, 9.17) is 23.2 Å². The van der Waals surface area contributed by atoms with Crippen molar-refractivity contribution in [3.63, 3.8) is 0 Å². The van der Waals surface area contributed by atoms with Gasteiger partial charge in [0.15, 0.2) is 0 Å². The number of benzene rings is 1. The van der Waals surface area contributed by atoms with Crippen LogP contribution >= 0.6 is 23.2 Å². The van der Waals surface area contributed by atoms with Gasteiger partial charge in [-0.3, -0.25) is 4.84 Å². The van der Waals surface area contributed by atoms with Crippen molar-refractivity contribution in [2.24, 2.45) is 5.16 Å². The number of hydrogen-bond acceptors (Lipinski definition) is 3. The topological polar surface area (TPSA) is 50.7 Å². The summed E-state index contributed by atoms with van der Waals surface area (Å²) in [5, 5.41) is 6.46. The number of oxime groups is 1. The molecule has 1 N–H and O–H groups in total. The summed E-state index contributed by atoms with van der Waals surface area (Å²) in [5.74, 6) is 0. The minimum atomic E-state index is -0.649. The summed E-state index contributed by atoms with van der Waals surface area (Å²) in [6.45, 7) is 0. The van der Waals surface area contributed by atoms with Gasteiger partial charge in [0.05, 0.1) is 16.3 Å². The Labute approximate surface area is 96.8 Å². The van der Waals surface area contributed by atoms with Crippen LogP contribution in [-0.2, 0) is 4.84 Å². The molecule has 0 aliphatic carbocycles. The van der Waals surface area contributed by atoms with Crippen LogP contribution in [0.25, 0.3) is 0 Å². The van der Waals surface area contributed by atoms with E-state index in [2.05, 4.69) is 15.3 Å². The van der Waals surface area contributed by atoms with Crippen LogP contribution in [0.3, 0.4) is 0 Å². The molecule has 0 atom stereocenters. The fourth-order valence-corrected chi connectivity index (χ4v) is 1.15. The highest BCUT2D eigenvalue weighted by atomic mass is 35.5. The Hall–Kier alpha value is -1.26. The fraction of sp³-hybridized carbons (Fsp3) is 0.111. The summed E-state index contributed by atoms with van der Waals surface area (Å²) in [6, 6.07) is 5.07. The highest BCUT2D eigenvalue weighted by molar-refractivity contribution is 6.43. The van der Waals surface area contributed by atoms with Crippen molar-refractivity contribution in [2.45, 2.75) is 0 Å². The largest absolute Gasteiger partial charge is 0.433 e. The molecule has 4 nitrogen and oxygen atoms in total. The van der Waals surface area contributed by atoms with E-state index in [0.29, 0.717) is 15.6 Å². The first-order valence-electron chi connectivity index (χ1n) is 4.01. The molecular weight excluding hydrogens is 239 g/mol. The molecule has 0 saturated carbocycles. The summed E-state index contributed by atoms with van der Waals surface area (Å²) < 4.78 is 0. The van der Waals surface area contributed by atoms with Crippen LogP contribution in [0.1, 0.15) is 5.56 Å². The van der Waals surface area contributed by atoms with Crippen LogP contribution in [0, 0.1) is 0 Å². The Bertz CT molecular complexity index is 394. The van der Waals surface area contributed by atoms with Crippen molar-refractivity contribution in [1.82, 2.24) is 5.32 Å². The summed E-state index contributed by atoms with van der Waals surface area (Å²) >= 11 is 11.6. The highest BCUT2D eigenvalue weighted by Gasteiger charge is 2.01. The van der Waals surface area contributed by atoms with Crippen LogP contribution < -0.4 is 5.32 Å². The Morgan fingerprint density at radius 2 is 2.27 bits per heavy atom. The zero-order valence-electron chi connectivity index (χ0n) is 7.83. The molecule has 0 aliphatic rings. The molecule has 0 radical (unpaired) electrons. The molecule has 1 amide bonds.